The Bertz CT molecular complexity index is 958. The lowest BCUT2D eigenvalue weighted by molar-refractivity contribution is 0.0717. The largest absolute Gasteiger partial charge is 0.338 e. The van der Waals surface area contributed by atoms with Crippen LogP contribution in [0.15, 0.2) is 18.6 Å². The van der Waals surface area contributed by atoms with Crippen LogP contribution in [-0.2, 0) is 0 Å². The van der Waals surface area contributed by atoms with Crippen LogP contribution in [0.25, 0.3) is 10.6 Å². The second kappa shape index (κ2) is 7.44. The van der Waals surface area contributed by atoms with Gasteiger partial charge in [0.05, 0.1) is 32.0 Å². The molecule has 1 aliphatic rings. The van der Waals surface area contributed by atoms with Crippen molar-refractivity contribution in [1.29, 1.82) is 0 Å². The van der Waals surface area contributed by atoms with Crippen molar-refractivity contribution in [3.8, 4) is 10.6 Å². The fraction of sp³-hybridized carbons (Fsp3) is 0.421. The summed E-state index contributed by atoms with van der Waals surface area (Å²) in [5.41, 5.74) is 2.78. The number of piperidine rings is 1. The smallest absolute Gasteiger partial charge is 0.265 e. The molecule has 0 radical (unpaired) electrons. The van der Waals surface area contributed by atoms with E-state index in [9.17, 15) is 4.79 Å². The lowest BCUT2D eigenvalue weighted by Crippen LogP contribution is -2.37. The number of hydrogen-bond acceptors (Lipinski definition) is 7. The Morgan fingerprint density at radius 1 is 1.11 bits per heavy atom. The first kappa shape index (κ1) is 18.2. The maximum atomic E-state index is 12.8. The molecule has 3 aromatic heterocycles. The van der Waals surface area contributed by atoms with Gasteiger partial charge in [-0.1, -0.05) is 0 Å². The molecule has 4 rings (SSSR count). The molecular formula is C19H21N5OS2. The summed E-state index contributed by atoms with van der Waals surface area (Å²) in [6, 6.07) is 1.92. The molecule has 0 spiro atoms. The summed E-state index contributed by atoms with van der Waals surface area (Å²) in [4.78, 5) is 34.2. The number of nitrogens with zero attached hydrogens (tertiary/aromatic N) is 5. The SMILES string of the molecule is Cc1nc(C)c(C(=O)N2CCC(c3nc(C)c(-c4ccncn4)s3)CC2)s1. The lowest BCUT2D eigenvalue weighted by Gasteiger charge is -2.30. The highest BCUT2D eigenvalue weighted by Gasteiger charge is 2.28. The Morgan fingerprint density at radius 2 is 1.89 bits per heavy atom. The van der Waals surface area contributed by atoms with Crippen LogP contribution in [0.4, 0.5) is 0 Å². The van der Waals surface area contributed by atoms with Crippen LogP contribution in [0.5, 0.6) is 0 Å². The molecule has 0 unspecified atom stereocenters. The number of likely N-dealkylation sites (tertiary alicyclic amines) is 1. The first-order chi connectivity index (χ1) is 13.0. The van der Waals surface area contributed by atoms with Crippen molar-refractivity contribution < 1.29 is 4.79 Å². The van der Waals surface area contributed by atoms with E-state index in [-0.39, 0.29) is 5.91 Å². The second-order valence-corrected chi connectivity index (χ2v) is 9.01. The normalized spacial score (nSPS) is 15.3. The zero-order valence-electron chi connectivity index (χ0n) is 15.6. The standard InChI is InChI=1S/C19H21N5OS2/c1-11-16(15-4-7-20-10-21-15)27-18(23-11)14-5-8-24(9-6-14)19(25)17-12(2)22-13(3)26-17/h4,7,10,14H,5-6,8-9H2,1-3H3. The van der Waals surface area contributed by atoms with Gasteiger partial charge in [-0.15, -0.1) is 22.7 Å². The highest BCUT2D eigenvalue weighted by atomic mass is 32.1. The highest BCUT2D eigenvalue weighted by Crippen LogP contribution is 2.36. The Labute approximate surface area is 166 Å². The Hall–Kier alpha value is -2.19. The molecule has 0 N–H and O–H groups in total. The Kier molecular flexibility index (Phi) is 5.01. The molecule has 0 saturated carbocycles. The van der Waals surface area contributed by atoms with E-state index in [2.05, 4.69) is 15.0 Å². The van der Waals surface area contributed by atoms with Crippen LogP contribution < -0.4 is 0 Å². The van der Waals surface area contributed by atoms with Gasteiger partial charge in [-0.05, 0) is 39.7 Å². The average molecular weight is 400 g/mol. The van der Waals surface area contributed by atoms with Crippen molar-refractivity contribution in [3.05, 3.63) is 44.9 Å². The Balaban J connectivity index is 1.45. The number of carbonyl (C=O) groups is 1. The zero-order chi connectivity index (χ0) is 19.0. The van der Waals surface area contributed by atoms with E-state index in [1.165, 1.54) is 11.3 Å². The molecule has 4 heterocycles. The van der Waals surface area contributed by atoms with Crippen molar-refractivity contribution in [1.82, 2.24) is 24.8 Å². The van der Waals surface area contributed by atoms with Crippen LogP contribution >= 0.6 is 22.7 Å². The number of rotatable bonds is 3. The summed E-state index contributed by atoms with van der Waals surface area (Å²) in [7, 11) is 0. The summed E-state index contributed by atoms with van der Waals surface area (Å²) in [5, 5.41) is 2.10. The van der Waals surface area contributed by atoms with Gasteiger partial charge in [0, 0.05) is 25.2 Å². The molecule has 0 atom stereocenters. The first-order valence-electron chi connectivity index (χ1n) is 9.00. The van der Waals surface area contributed by atoms with E-state index in [0.717, 1.165) is 62.8 Å². The van der Waals surface area contributed by atoms with Gasteiger partial charge in [0.1, 0.15) is 11.2 Å². The third kappa shape index (κ3) is 3.64. The summed E-state index contributed by atoms with van der Waals surface area (Å²) in [6.07, 6.45) is 5.22. The topological polar surface area (TPSA) is 71.9 Å². The molecule has 1 amide bonds. The number of hydrogen-bond donors (Lipinski definition) is 0. The number of aryl methyl sites for hydroxylation is 3. The molecule has 27 heavy (non-hydrogen) atoms. The number of thiazole rings is 2. The molecule has 1 fully saturated rings. The zero-order valence-corrected chi connectivity index (χ0v) is 17.2. The van der Waals surface area contributed by atoms with E-state index < -0.39 is 0 Å². The lowest BCUT2D eigenvalue weighted by atomic mass is 9.97. The molecule has 1 aliphatic heterocycles. The first-order valence-corrected chi connectivity index (χ1v) is 10.6. The fourth-order valence-electron chi connectivity index (χ4n) is 3.46. The minimum absolute atomic E-state index is 0.119. The van der Waals surface area contributed by atoms with Crippen LogP contribution in [0, 0.1) is 20.8 Å². The van der Waals surface area contributed by atoms with Crippen molar-refractivity contribution in [2.75, 3.05) is 13.1 Å². The second-order valence-electron chi connectivity index (χ2n) is 6.78. The van der Waals surface area contributed by atoms with Gasteiger partial charge in [-0.2, -0.15) is 0 Å². The van der Waals surface area contributed by atoms with E-state index in [4.69, 9.17) is 4.98 Å². The predicted octanol–water partition coefficient (Wildman–Crippen LogP) is 4.00. The minimum Gasteiger partial charge on any atom is -0.338 e. The summed E-state index contributed by atoms with van der Waals surface area (Å²) in [5.74, 6) is 0.520. The van der Waals surface area contributed by atoms with Crippen LogP contribution in [0.1, 0.15) is 49.8 Å². The quantitative estimate of drug-likeness (QED) is 0.666. The molecule has 8 heteroatoms. The van der Waals surface area contributed by atoms with E-state index in [1.54, 1.807) is 23.9 Å². The fourth-order valence-corrected chi connectivity index (χ4v) is 5.56. The van der Waals surface area contributed by atoms with Crippen molar-refractivity contribution in [2.45, 2.75) is 39.5 Å². The summed E-state index contributed by atoms with van der Waals surface area (Å²) >= 11 is 3.21. The third-order valence-corrected chi connectivity index (χ3v) is 7.26. The molecular weight excluding hydrogens is 378 g/mol. The molecule has 0 aromatic carbocycles. The Morgan fingerprint density at radius 3 is 2.52 bits per heavy atom. The van der Waals surface area contributed by atoms with Gasteiger partial charge in [0.2, 0.25) is 0 Å². The average Bonchev–Trinajstić information content (AvgIpc) is 3.23. The van der Waals surface area contributed by atoms with Crippen molar-refractivity contribution in [2.24, 2.45) is 0 Å². The number of amides is 1. The molecule has 0 aliphatic carbocycles. The molecule has 140 valence electrons. The molecule has 6 nitrogen and oxygen atoms in total. The van der Waals surface area contributed by atoms with Gasteiger partial charge in [0.15, 0.2) is 0 Å². The van der Waals surface area contributed by atoms with E-state index in [1.807, 2.05) is 31.7 Å². The van der Waals surface area contributed by atoms with Crippen molar-refractivity contribution in [3.63, 3.8) is 0 Å². The van der Waals surface area contributed by atoms with E-state index >= 15 is 0 Å². The summed E-state index contributed by atoms with van der Waals surface area (Å²) in [6.45, 7) is 7.42. The van der Waals surface area contributed by atoms with Crippen molar-refractivity contribution >= 4 is 28.6 Å². The maximum absolute atomic E-state index is 12.8. The third-order valence-electron chi connectivity index (χ3n) is 4.86. The van der Waals surface area contributed by atoms with Gasteiger partial charge in [-0.25, -0.2) is 19.9 Å². The van der Waals surface area contributed by atoms with Gasteiger partial charge in [-0.3, -0.25) is 4.79 Å². The minimum atomic E-state index is 0.119. The van der Waals surface area contributed by atoms with Crippen LogP contribution in [0.3, 0.4) is 0 Å². The number of aromatic nitrogens is 4. The highest BCUT2D eigenvalue weighted by molar-refractivity contribution is 7.15. The van der Waals surface area contributed by atoms with Crippen LogP contribution in [0.2, 0.25) is 0 Å². The predicted molar refractivity (Wildman–Crippen MR) is 107 cm³/mol. The molecule has 0 bridgehead atoms. The maximum Gasteiger partial charge on any atom is 0.265 e. The van der Waals surface area contributed by atoms with Crippen LogP contribution in [-0.4, -0.2) is 43.8 Å². The van der Waals surface area contributed by atoms with Gasteiger partial charge in [0.25, 0.3) is 5.91 Å². The number of carbonyl (C=O) groups excluding carboxylic acids is 1. The van der Waals surface area contributed by atoms with E-state index in [0.29, 0.717) is 5.92 Å². The van der Waals surface area contributed by atoms with Gasteiger partial charge >= 0.3 is 0 Å². The molecule has 3 aromatic rings. The molecule has 1 saturated heterocycles. The van der Waals surface area contributed by atoms with Gasteiger partial charge < -0.3 is 4.90 Å². The monoisotopic (exact) mass is 399 g/mol. The summed E-state index contributed by atoms with van der Waals surface area (Å²) < 4.78 is 0.